The molecule has 3 N–H and O–H groups in total. The zero-order valence-electron chi connectivity index (χ0n) is 13.7. The second-order valence-corrected chi connectivity index (χ2v) is 7.80. The minimum absolute atomic E-state index is 0.000190. The molecule has 0 unspecified atom stereocenters. The van der Waals surface area contributed by atoms with E-state index in [1.165, 1.54) is 37.3 Å². The number of anilines is 1. The molecule has 2 bridgehead atoms. The standard InChI is InChI=1S/C18H22N4OS/c1-11-16(12-6-8-22(11)9-7-12)21-17(23)15-10-20-18(24-15)13-2-4-14(19)5-3-13/h2-5,10-12,16H,6-9,19H2,1H3,(H,21,23)/t11-,16-/m0/s1. The fourth-order valence-corrected chi connectivity index (χ4v) is 4.73. The van der Waals surface area contributed by atoms with Crippen molar-refractivity contribution in [2.24, 2.45) is 5.92 Å². The lowest BCUT2D eigenvalue weighted by Crippen LogP contribution is -2.62. The molecule has 3 saturated heterocycles. The van der Waals surface area contributed by atoms with Crippen LogP contribution in [0.1, 0.15) is 29.4 Å². The third-order valence-electron chi connectivity index (χ3n) is 5.36. The number of carbonyl (C=O) groups is 1. The zero-order chi connectivity index (χ0) is 16.7. The van der Waals surface area contributed by atoms with E-state index in [0.717, 1.165) is 16.3 Å². The Morgan fingerprint density at radius 1 is 1.29 bits per heavy atom. The van der Waals surface area contributed by atoms with Gasteiger partial charge in [0.25, 0.3) is 5.91 Å². The predicted molar refractivity (Wildman–Crippen MR) is 97.0 cm³/mol. The summed E-state index contributed by atoms with van der Waals surface area (Å²) in [7, 11) is 0. The van der Waals surface area contributed by atoms with Gasteiger partial charge in [-0.3, -0.25) is 9.69 Å². The third kappa shape index (κ3) is 2.80. The number of carbonyl (C=O) groups excluding carboxylic acids is 1. The summed E-state index contributed by atoms with van der Waals surface area (Å²) in [6.45, 7) is 4.56. The molecular weight excluding hydrogens is 320 g/mol. The number of nitrogens with zero attached hydrogens (tertiary/aromatic N) is 2. The van der Waals surface area contributed by atoms with Gasteiger partial charge >= 0.3 is 0 Å². The lowest BCUT2D eigenvalue weighted by molar-refractivity contribution is 0.0218. The van der Waals surface area contributed by atoms with Crippen LogP contribution in [-0.4, -0.2) is 41.0 Å². The van der Waals surface area contributed by atoms with Crippen LogP contribution >= 0.6 is 11.3 Å². The van der Waals surface area contributed by atoms with E-state index in [9.17, 15) is 4.79 Å². The smallest absolute Gasteiger partial charge is 0.263 e. The Morgan fingerprint density at radius 2 is 2.00 bits per heavy atom. The number of nitrogens with one attached hydrogen (secondary N) is 1. The van der Waals surface area contributed by atoms with Crippen LogP contribution in [0.2, 0.25) is 0 Å². The van der Waals surface area contributed by atoms with Crippen LogP contribution in [-0.2, 0) is 0 Å². The maximum Gasteiger partial charge on any atom is 0.263 e. The van der Waals surface area contributed by atoms with E-state index in [0.29, 0.717) is 16.8 Å². The first kappa shape index (κ1) is 15.6. The van der Waals surface area contributed by atoms with Gasteiger partial charge in [0.1, 0.15) is 9.88 Å². The predicted octanol–water partition coefficient (Wildman–Crippen LogP) is 2.60. The van der Waals surface area contributed by atoms with Gasteiger partial charge in [-0.15, -0.1) is 11.3 Å². The van der Waals surface area contributed by atoms with Crippen molar-refractivity contribution >= 4 is 22.9 Å². The summed E-state index contributed by atoms with van der Waals surface area (Å²) in [5.74, 6) is 0.609. The molecule has 5 nitrogen and oxygen atoms in total. The molecule has 2 atom stereocenters. The molecule has 24 heavy (non-hydrogen) atoms. The highest BCUT2D eigenvalue weighted by molar-refractivity contribution is 7.16. The fourth-order valence-electron chi connectivity index (χ4n) is 3.91. The van der Waals surface area contributed by atoms with Crippen LogP contribution in [0.25, 0.3) is 10.6 Å². The maximum atomic E-state index is 12.7. The van der Waals surface area contributed by atoms with Crippen LogP contribution < -0.4 is 11.1 Å². The fraction of sp³-hybridized carbons (Fsp3) is 0.444. The molecule has 0 spiro atoms. The minimum Gasteiger partial charge on any atom is -0.399 e. The minimum atomic E-state index is -0.000190. The Morgan fingerprint density at radius 3 is 2.67 bits per heavy atom. The first-order chi connectivity index (χ1) is 11.6. The number of rotatable bonds is 3. The highest BCUT2D eigenvalue weighted by Gasteiger charge is 2.40. The quantitative estimate of drug-likeness (QED) is 0.841. The molecule has 0 aliphatic carbocycles. The maximum absolute atomic E-state index is 12.7. The number of hydrogen-bond donors (Lipinski definition) is 2. The van der Waals surface area contributed by atoms with Crippen molar-refractivity contribution < 1.29 is 4.79 Å². The average molecular weight is 342 g/mol. The summed E-state index contributed by atoms with van der Waals surface area (Å²) in [5, 5.41) is 4.11. The van der Waals surface area contributed by atoms with Crippen molar-refractivity contribution in [3.8, 4) is 10.6 Å². The second kappa shape index (κ2) is 6.18. The summed E-state index contributed by atoms with van der Waals surface area (Å²) in [6, 6.07) is 8.25. The van der Waals surface area contributed by atoms with Crippen LogP contribution in [0.5, 0.6) is 0 Å². The molecule has 1 aromatic heterocycles. The van der Waals surface area contributed by atoms with Crippen LogP contribution in [0.15, 0.2) is 30.5 Å². The molecular formula is C18H22N4OS. The average Bonchev–Trinajstić information content (AvgIpc) is 3.09. The van der Waals surface area contributed by atoms with E-state index < -0.39 is 0 Å². The van der Waals surface area contributed by atoms with Crippen molar-refractivity contribution in [1.82, 2.24) is 15.2 Å². The molecule has 126 valence electrons. The third-order valence-corrected chi connectivity index (χ3v) is 6.41. The molecule has 5 rings (SSSR count). The van der Waals surface area contributed by atoms with Crippen LogP contribution in [0.3, 0.4) is 0 Å². The first-order valence-electron chi connectivity index (χ1n) is 8.48. The van der Waals surface area contributed by atoms with Gasteiger partial charge in [-0.2, -0.15) is 0 Å². The van der Waals surface area contributed by atoms with Gasteiger partial charge in [-0.05, 0) is 63.0 Å². The van der Waals surface area contributed by atoms with Crippen molar-refractivity contribution in [3.63, 3.8) is 0 Å². The van der Waals surface area contributed by atoms with Crippen molar-refractivity contribution in [1.29, 1.82) is 0 Å². The molecule has 4 heterocycles. The highest BCUT2D eigenvalue weighted by Crippen LogP contribution is 2.33. The Labute approximate surface area is 145 Å². The van der Waals surface area contributed by atoms with E-state index in [-0.39, 0.29) is 11.9 Å². The lowest BCUT2D eigenvalue weighted by atomic mass is 9.79. The van der Waals surface area contributed by atoms with Crippen molar-refractivity contribution in [3.05, 3.63) is 35.3 Å². The summed E-state index contributed by atoms with van der Waals surface area (Å²) in [5.41, 5.74) is 7.44. The van der Waals surface area contributed by atoms with E-state index in [1.54, 1.807) is 6.20 Å². The normalized spacial score (nSPS) is 28.7. The number of fused-ring (bicyclic) bond motifs is 3. The Hall–Kier alpha value is -1.92. The highest BCUT2D eigenvalue weighted by atomic mass is 32.1. The Kier molecular flexibility index (Phi) is 4.02. The number of benzene rings is 1. The molecule has 1 aromatic carbocycles. The Bertz CT molecular complexity index is 732. The monoisotopic (exact) mass is 342 g/mol. The van der Waals surface area contributed by atoms with Gasteiger partial charge in [0.15, 0.2) is 0 Å². The number of amides is 1. The molecule has 0 saturated carbocycles. The number of nitrogen functional groups attached to an aromatic ring is 1. The molecule has 3 aliphatic rings. The summed E-state index contributed by atoms with van der Waals surface area (Å²) < 4.78 is 0. The summed E-state index contributed by atoms with van der Waals surface area (Å²) in [6.07, 6.45) is 4.06. The number of thiazole rings is 1. The zero-order valence-corrected chi connectivity index (χ0v) is 14.6. The number of aromatic nitrogens is 1. The molecule has 1 amide bonds. The van der Waals surface area contributed by atoms with Gasteiger partial charge in [0.05, 0.1) is 6.20 Å². The van der Waals surface area contributed by atoms with Gasteiger partial charge in [0, 0.05) is 23.3 Å². The lowest BCUT2D eigenvalue weighted by Gasteiger charge is -2.49. The van der Waals surface area contributed by atoms with Crippen LogP contribution in [0, 0.1) is 5.92 Å². The summed E-state index contributed by atoms with van der Waals surface area (Å²) >= 11 is 1.43. The largest absolute Gasteiger partial charge is 0.399 e. The van der Waals surface area contributed by atoms with Gasteiger partial charge < -0.3 is 11.1 Å². The summed E-state index contributed by atoms with van der Waals surface area (Å²) in [4.78, 5) is 20.2. The van der Waals surface area contributed by atoms with E-state index in [2.05, 4.69) is 22.1 Å². The van der Waals surface area contributed by atoms with E-state index in [1.807, 2.05) is 24.3 Å². The van der Waals surface area contributed by atoms with Crippen molar-refractivity contribution in [2.45, 2.75) is 31.8 Å². The number of nitrogens with two attached hydrogens (primary N) is 1. The molecule has 3 aliphatic heterocycles. The molecule has 0 radical (unpaired) electrons. The first-order valence-corrected chi connectivity index (χ1v) is 9.30. The SMILES string of the molecule is C[C@H]1[C@H](NC(=O)c2cnc(-c3ccc(N)cc3)s2)C2CCN1CC2. The molecule has 3 fully saturated rings. The van der Waals surface area contributed by atoms with Crippen molar-refractivity contribution in [2.75, 3.05) is 18.8 Å². The topological polar surface area (TPSA) is 71.2 Å². The number of hydrogen-bond acceptors (Lipinski definition) is 5. The van der Waals surface area contributed by atoms with Gasteiger partial charge in [-0.25, -0.2) is 4.98 Å². The molecule has 2 aromatic rings. The van der Waals surface area contributed by atoms with Gasteiger partial charge in [0.2, 0.25) is 0 Å². The van der Waals surface area contributed by atoms with E-state index in [4.69, 9.17) is 5.73 Å². The Balaban J connectivity index is 1.48. The number of piperidine rings is 3. The molecule has 6 heteroatoms. The van der Waals surface area contributed by atoms with Gasteiger partial charge in [-0.1, -0.05) is 0 Å². The van der Waals surface area contributed by atoms with Crippen LogP contribution in [0.4, 0.5) is 5.69 Å². The van der Waals surface area contributed by atoms with E-state index >= 15 is 0 Å². The second-order valence-electron chi connectivity index (χ2n) is 6.76.